The van der Waals surface area contributed by atoms with Gasteiger partial charge in [0.2, 0.25) is 11.0 Å². The first-order valence-corrected chi connectivity index (χ1v) is 7.50. The molecule has 1 heterocycles. The third-order valence-corrected chi connectivity index (χ3v) is 3.40. The number of aromatic nitrogens is 2. The molecule has 0 unspecified atom stereocenters. The molecular weight excluding hydrogens is 344 g/mol. The fourth-order valence-electron chi connectivity index (χ4n) is 1.97. The SMILES string of the molecule is O=[N+]([O-])c1c(Cl)ncnc1Nc1ccc(N=Nc2ccccc2)cc1. The molecule has 0 saturated carbocycles. The molecule has 0 amide bonds. The maximum atomic E-state index is 11.1. The summed E-state index contributed by atoms with van der Waals surface area (Å²) in [6.07, 6.45) is 1.15. The molecule has 3 rings (SSSR count). The Balaban J connectivity index is 1.77. The zero-order valence-corrected chi connectivity index (χ0v) is 13.5. The molecule has 2 aromatic carbocycles. The van der Waals surface area contributed by atoms with Crippen LogP contribution in [0.2, 0.25) is 5.15 Å². The summed E-state index contributed by atoms with van der Waals surface area (Å²) in [6.45, 7) is 0. The second kappa shape index (κ2) is 7.45. The highest BCUT2D eigenvalue weighted by molar-refractivity contribution is 6.31. The van der Waals surface area contributed by atoms with Gasteiger partial charge in [-0.1, -0.05) is 29.8 Å². The Bertz CT molecular complexity index is 916. The van der Waals surface area contributed by atoms with E-state index < -0.39 is 4.92 Å². The van der Waals surface area contributed by atoms with Gasteiger partial charge in [0.25, 0.3) is 0 Å². The summed E-state index contributed by atoms with van der Waals surface area (Å²) in [6, 6.07) is 16.2. The van der Waals surface area contributed by atoms with Gasteiger partial charge in [-0.3, -0.25) is 10.1 Å². The van der Waals surface area contributed by atoms with Crippen LogP contribution >= 0.6 is 11.6 Å². The highest BCUT2D eigenvalue weighted by Crippen LogP contribution is 2.31. The van der Waals surface area contributed by atoms with Crippen molar-refractivity contribution in [1.82, 2.24) is 9.97 Å². The first kappa shape index (κ1) is 16.5. The molecule has 124 valence electrons. The van der Waals surface area contributed by atoms with Crippen LogP contribution in [0, 0.1) is 10.1 Å². The van der Waals surface area contributed by atoms with Gasteiger partial charge in [-0.15, -0.1) is 0 Å². The fourth-order valence-corrected chi connectivity index (χ4v) is 2.17. The third kappa shape index (κ3) is 4.12. The number of rotatable bonds is 5. The molecule has 1 aromatic heterocycles. The lowest BCUT2D eigenvalue weighted by molar-refractivity contribution is -0.384. The van der Waals surface area contributed by atoms with Gasteiger partial charge in [0.1, 0.15) is 6.33 Å². The Hall–Kier alpha value is -3.39. The summed E-state index contributed by atoms with van der Waals surface area (Å²) in [7, 11) is 0. The number of benzene rings is 2. The van der Waals surface area contributed by atoms with Crippen LogP contribution in [0.5, 0.6) is 0 Å². The minimum Gasteiger partial charge on any atom is -0.334 e. The van der Waals surface area contributed by atoms with Gasteiger partial charge >= 0.3 is 5.69 Å². The summed E-state index contributed by atoms with van der Waals surface area (Å²) in [5.74, 6) is 0.0173. The van der Waals surface area contributed by atoms with Crippen LogP contribution in [0.3, 0.4) is 0 Å². The number of nitrogens with zero attached hydrogens (tertiary/aromatic N) is 5. The van der Waals surface area contributed by atoms with E-state index in [1.54, 1.807) is 24.3 Å². The van der Waals surface area contributed by atoms with Crippen LogP contribution in [0.25, 0.3) is 0 Å². The number of anilines is 2. The molecule has 0 fully saturated rings. The third-order valence-electron chi connectivity index (χ3n) is 3.13. The standard InChI is InChI=1S/C16H11ClN6O2/c17-15-14(23(24)25)16(19-10-18-15)20-11-6-8-13(9-7-11)22-21-12-4-2-1-3-5-12/h1-10H,(H,18,19,20). The van der Waals surface area contributed by atoms with Crippen molar-refractivity contribution in [2.75, 3.05) is 5.32 Å². The monoisotopic (exact) mass is 354 g/mol. The van der Waals surface area contributed by atoms with E-state index in [1.165, 1.54) is 0 Å². The number of hydrogen-bond acceptors (Lipinski definition) is 7. The summed E-state index contributed by atoms with van der Waals surface area (Å²) < 4.78 is 0. The Morgan fingerprint density at radius 3 is 2.24 bits per heavy atom. The predicted molar refractivity (Wildman–Crippen MR) is 94.0 cm³/mol. The number of halogens is 1. The van der Waals surface area contributed by atoms with Gasteiger partial charge in [-0.2, -0.15) is 10.2 Å². The smallest absolute Gasteiger partial charge is 0.334 e. The second-order valence-corrected chi connectivity index (χ2v) is 5.18. The Labute approximate surface area is 147 Å². The zero-order chi connectivity index (χ0) is 17.6. The highest BCUT2D eigenvalue weighted by atomic mass is 35.5. The van der Waals surface area contributed by atoms with Gasteiger partial charge in [0, 0.05) is 5.69 Å². The van der Waals surface area contributed by atoms with Crippen molar-refractivity contribution in [3.8, 4) is 0 Å². The lowest BCUT2D eigenvalue weighted by Gasteiger charge is -2.06. The van der Waals surface area contributed by atoms with Crippen molar-refractivity contribution in [3.63, 3.8) is 0 Å². The molecule has 0 radical (unpaired) electrons. The molecule has 0 aliphatic rings. The van der Waals surface area contributed by atoms with E-state index in [1.807, 2.05) is 30.3 Å². The zero-order valence-electron chi connectivity index (χ0n) is 12.7. The minimum atomic E-state index is -0.632. The quantitative estimate of drug-likeness (QED) is 0.293. The molecule has 0 bridgehead atoms. The van der Waals surface area contributed by atoms with E-state index >= 15 is 0 Å². The largest absolute Gasteiger partial charge is 0.348 e. The second-order valence-electron chi connectivity index (χ2n) is 4.83. The molecule has 25 heavy (non-hydrogen) atoms. The van der Waals surface area contributed by atoms with E-state index in [0.717, 1.165) is 12.0 Å². The van der Waals surface area contributed by atoms with Crippen molar-refractivity contribution >= 4 is 40.2 Å². The molecule has 0 aliphatic heterocycles. The van der Waals surface area contributed by atoms with Crippen molar-refractivity contribution in [1.29, 1.82) is 0 Å². The maximum Gasteiger partial charge on any atom is 0.348 e. The molecule has 0 saturated heterocycles. The lowest BCUT2D eigenvalue weighted by Crippen LogP contribution is -2.01. The molecule has 0 atom stereocenters. The van der Waals surface area contributed by atoms with Crippen molar-refractivity contribution in [2.24, 2.45) is 10.2 Å². The van der Waals surface area contributed by atoms with E-state index in [2.05, 4.69) is 25.5 Å². The summed E-state index contributed by atoms with van der Waals surface area (Å²) in [5.41, 5.74) is 1.61. The first-order chi connectivity index (χ1) is 12.1. The maximum absolute atomic E-state index is 11.1. The van der Waals surface area contributed by atoms with Crippen LogP contribution in [0.15, 0.2) is 71.2 Å². The predicted octanol–water partition coefficient (Wildman–Crippen LogP) is 5.20. The van der Waals surface area contributed by atoms with E-state index in [9.17, 15) is 10.1 Å². The average Bonchev–Trinajstić information content (AvgIpc) is 2.62. The van der Waals surface area contributed by atoms with Gasteiger partial charge in [-0.05, 0) is 36.4 Å². The summed E-state index contributed by atoms with van der Waals surface area (Å²) >= 11 is 5.76. The minimum absolute atomic E-state index is 0.0173. The van der Waals surface area contributed by atoms with Gasteiger partial charge in [0.15, 0.2) is 0 Å². The van der Waals surface area contributed by atoms with Crippen LogP contribution in [0.1, 0.15) is 0 Å². The Morgan fingerprint density at radius 2 is 1.60 bits per heavy atom. The average molecular weight is 355 g/mol. The number of azo groups is 1. The first-order valence-electron chi connectivity index (χ1n) is 7.12. The highest BCUT2D eigenvalue weighted by Gasteiger charge is 2.21. The van der Waals surface area contributed by atoms with Crippen LogP contribution < -0.4 is 5.32 Å². The van der Waals surface area contributed by atoms with E-state index in [4.69, 9.17) is 11.6 Å². The molecule has 9 heteroatoms. The van der Waals surface area contributed by atoms with Crippen molar-refractivity contribution in [2.45, 2.75) is 0 Å². The van der Waals surface area contributed by atoms with E-state index in [0.29, 0.717) is 11.4 Å². The summed E-state index contributed by atoms with van der Waals surface area (Å²) in [4.78, 5) is 17.9. The molecule has 3 aromatic rings. The van der Waals surface area contributed by atoms with Crippen molar-refractivity contribution in [3.05, 3.63) is 76.2 Å². The van der Waals surface area contributed by atoms with Gasteiger partial charge < -0.3 is 5.32 Å². The fraction of sp³-hybridized carbons (Fsp3) is 0. The van der Waals surface area contributed by atoms with Crippen LogP contribution in [-0.2, 0) is 0 Å². The van der Waals surface area contributed by atoms with Gasteiger partial charge in [-0.25, -0.2) is 9.97 Å². The number of nitrogens with one attached hydrogen (secondary N) is 1. The molecule has 0 aliphatic carbocycles. The normalized spacial score (nSPS) is 10.8. The summed E-state index contributed by atoms with van der Waals surface area (Å²) in [5, 5.41) is 21.9. The Kier molecular flexibility index (Phi) is 4.91. The van der Waals surface area contributed by atoms with Crippen LogP contribution in [-0.4, -0.2) is 14.9 Å². The molecular formula is C16H11ClN6O2. The lowest BCUT2D eigenvalue weighted by atomic mass is 10.3. The molecule has 0 spiro atoms. The number of nitro groups is 1. The number of hydrogen-bond donors (Lipinski definition) is 1. The van der Waals surface area contributed by atoms with Crippen molar-refractivity contribution < 1.29 is 4.92 Å². The topological polar surface area (TPSA) is 106 Å². The molecule has 8 nitrogen and oxygen atoms in total. The van der Waals surface area contributed by atoms with Crippen LogP contribution in [0.4, 0.5) is 28.6 Å². The van der Waals surface area contributed by atoms with Gasteiger partial charge in [0.05, 0.1) is 16.3 Å². The van der Waals surface area contributed by atoms with E-state index in [-0.39, 0.29) is 16.7 Å². The molecule has 1 N–H and O–H groups in total. The Morgan fingerprint density at radius 1 is 0.960 bits per heavy atom.